The van der Waals surface area contributed by atoms with E-state index in [1.54, 1.807) is 15.8 Å². The third kappa shape index (κ3) is 3.40. The van der Waals surface area contributed by atoms with Gasteiger partial charge in [0.15, 0.2) is 5.69 Å². The Morgan fingerprint density at radius 1 is 1.19 bits per heavy atom. The van der Waals surface area contributed by atoms with Crippen LogP contribution >= 0.6 is 12.4 Å². The van der Waals surface area contributed by atoms with E-state index in [-0.39, 0.29) is 18.3 Å². The lowest BCUT2D eigenvalue weighted by Gasteiger charge is -2.26. The molecule has 1 aliphatic heterocycles. The number of piperazine rings is 1. The molecule has 0 unspecified atom stereocenters. The number of benzene rings is 1. The summed E-state index contributed by atoms with van der Waals surface area (Å²) in [5.74, 6) is -0.0511. The molecule has 0 bridgehead atoms. The molecule has 0 atom stereocenters. The van der Waals surface area contributed by atoms with E-state index in [9.17, 15) is 4.79 Å². The highest BCUT2D eigenvalue weighted by Gasteiger charge is 2.20. The number of carbonyl (C=O) groups excluding carboxylic acids is 1. The van der Waals surface area contributed by atoms with Crippen LogP contribution in [0.1, 0.15) is 16.1 Å². The SMILES string of the molecule is Cc1ccc(-n2cc(C(=O)N3CCNCC3)nn2)cc1.Cl. The number of nitrogens with one attached hydrogen (secondary N) is 1. The first-order chi connectivity index (χ1) is 9.74. The van der Waals surface area contributed by atoms with Crippen LogP contribution in [0.3, 0.4) is 0 Å². The van der Waals surface area contributed by atoms with Gasteiger partial charge in [-0.15, -0.1) is 17.5 Å². The van der Waals surface area contributed by atoms with Crippen LogP contribution in [0.4, 0.5) is 0 Å². The van der Waals surface area contributed by atoms with Crippen LogP contribution in [0.25, 0.3) is 5.69 Å². The molecule has 0 aliphatic carbocycles. The first-order valence-corrected chi connectivity index (χ1v) is 6.73. The number of aromatic nitrogens is 3. The number of carbonyl (C=O) groups is 1. The lowest BCUT2D eigenvalue weighted by molar-refractivity contribution is 0.0730. The minimum absolute atomic E-state index is 0. The van der Waals surface area contributed by atoms with Gasteiger partial charge in [0, 0.05) is 26.2 Å². The minimum atomic E-state index is -0.0511. The van der Waals surface area contributed by atoms with Gasteiger partial charge in [-0.1, -0.05) is 22.9 Å². The fraction of sp³-hybridized carbons (Fsp3) is 0.357. The molecule has 7 heteroatoms. The van der Waals surface area contributed by atoms with Gasteiger partial charge in [0.2, 0.25) is 0 Å². The van der Waals surface area contributed by atoms with Crippen LogP contribution in [-0.2, 0) is 0 Å². The van der Waals surface area contributed by atoms with Gasteiger partial charge in [-0.05, 0) is 19.1 Å². The average molecular weight is 308 g/mol. The summed E-state index contributed by atoms with van der Waals surface area (Å²) in [5, 5.41) is 11.2. The molecule has 1 aromatic carbocycles. The predicted molar refractivity (Wildman–Crippen MR) is 82.1 cm³/mol. The molecule has 0 saturated carbocycles. The van der Waals surface area contributed by atoms with E-state index in [1.165, 1.54) is 5.56 Å². The standard InChI is InChI=1S/C14H17N5O.ClH/c1-11-2-4-12(5-3-11)19-10-13(16-17-19)14(20)18-8-6-15-7-9-18;/h2-5,10,15H,6-9H2,1H3;1H. The Balaban J connectivity index is 0.00000161. The van der Waals surface area contributed by atoms with Gasteiger partial charge in [0.05, 0.1) is 11.9 Å². The number of nitrogens with zero attached hydrogens (tertiary/aromatic N) is 4. The predicted octanol–water partition coefficient (Wildman–Crippen LogP) is 1.04. The maximum atomic E-state index is 12.3. The third-order valence-electron chi connectivity index (χ3n) is 3.42. The van der Waals surface area contributed by atoms with Gasteiger partial charge < -0.3 is 10.2 Å². The Hall–Kier alpha value is -1.92. The molecule has 1 aromatic heterocycles. The van der Waals surface area contributed by atoms with Crippen molar-refractivity contribution < 1.29 is 4.79 Å². The fourth-order valence-corrected chi connectivity index (χ4v) is 2.22. The number of rotatable bonds is 2. The first-order valence-electron chi connectivity index (χ1n) is 6.73. The summed E-state index contributed by atoms with van der Waals surface area (Å²) in [6, 6.07) is 7.94. The maximum Gasteiger partial charge on any atom is 0.276 e. The van der Waals surface area contributed by atoms with E-state index >= 15 is 0 Å². The summed E-state index contributed by atoms with van der Waals surface area (Å²) in [4.78, 5) is 14.1. The fourth-order valence-electron chi connectivity index (χ4n) is 2.22. The number of hydrogen-bond acceptors (Lipinski definition) is 4. The average Bonchev–Trinajstić information content (AvgIpc) is 2.98. The number of aryl methyl sites for hydroxylation is 1. The molecule has 1 N–H and O–H groups in total. The van der Waals surface area contributed by atoms with Crippen LogP contribution in [0.15, 0.2) is 30.5 Å². The van der Waals surface area contributed by atoms with Crippen LogP contribution in [0, 0.1) is 6.92 Å². The quantitative estimate of drug-likeness (QED) is 0.900. The zero-order chi connectivity index (χ0) is 13.9. The summed E-state index contributed by atoms with van der Waals surface area (Å²) < 4.78 is 1.63. The summed E-state index contributed by atoms with van der Waals surface area (Å²) in [7, 11) is 0. The molecule has 0 radical (unpaired) electrons. The summed E-state index contributed by atoms with van der Waals surface area (Å²) in [6.07, 6.45) is 1.69. The van der Waals surface area contributed by atoms with Crippen molar-refractivity contribution in [3.63, 3.8) is 0 Å². The molecule has 21 heavy (non-hydrogen) atoms. The second-order valence-electron chi connectivity index (χ2n) is 4.93. The molecule has 2 heterocycles. The van der Waals surface area contributed by atoms with E-state index in [4.69, 9.17) is 0 Å². The van der Waals surface area contributed by atoms with E-state index in [0.717, 1.165) is 31.9 Å². The molecule has 112 valence electrons. The largest absolute Gasteiger partial charge is 0.335 e. The summed E-state index contributed by atoms with van der Waals surface area (Å²) >= 11 is 0. The van der Waals surface area contributed by atoms with Crippen molar-refractivity contribution >= 4 is 18.3 Å². The normalized spacial score (nSPS) is 14.6. The molecule has 1 fully saturated rings. The first kappa shape index (κ1) is 15.5. The molecule has 2 aromatic rings. The van der Waals surface area contributed by atoms with Gasteiger partial charge in [-0.25, -0.2) is 4.68 Å². The lowest BCUT2D eigenvalue weighted by atomic mass is 10.2. The van der Waals surface area contributed by atoms with Crippen LogP contribution in [-0.4, -0.2) is 52.0 Å². The van der Waals surface area contributed by atoms with Crippen molar-refractivity contribution in [2.24, 2.45) is 0 Å². The Morgan fingerprint density at radius 3 is 2.52 bits per heavy atom. The van der Waals surface area contributed by atoms with Crippen molar-refractivity contribution in [1.82, 2.24) is 25.2 Å². The molecular weight excluding hydrogens is 290 g/mol. The van der Waals surface area contributed by atoms with Crippen molar-refractivity contribution in [2.45, 2.75) is 6.92 Å². The monoisotopic (exact) mass is 307 g/mol. The Labute approximate surface area is 129 Å². The highest BCUT2D eigenvalue weighted by atomic mass is 35.5. The van der Waals surface area contributed by atoms with Gasteiger partial charge in [-0.3, -0.25) is 4.79 Å². The smallest absolute Gasteiger partial charge is 0.276 e. The second-order valence-corrected chi connectivity index (χ2v) is 4.93. The molecule has 6 nitrogen and oxygen atoms in total. The maximum absolute atomic E-state index is 12.3. The van der Waals surface area contributed by atoms with Crippen molar-refractivity contribution in [2.75, 3.05) is 26.2 Å². The van der Waals surface area contributed by atoms with Gasteiger partial charge >= 0.3 is 0 Å². The molecule has 1 saturated heterocycles. The van der Waals surface area contributed by atoms with E-state index < -0.39 is 0 Å². The molecule has 1 aliphatic rings. The number of amides is 1. The van der Waals surface area contributed by atoms with Crippen molar-refractivity contribution in [3.8, 4) is 5.69 Å². The van der Waals surface area contributed by atoms with Crippen LogP contribution in [0.5, 0.6) is 0 Å². The number of halogens is 1. The second kappa shape index (κ2) is 6.69. The summed E-state index contributed by atoms with van der Waals surface area (Å²) in [5.41, 5.74) is 2.49. The molecule has 0 spiro atoms. The molecule has 3 rings (SSSR count). The van der Waals surface area contributed by atoms with Crippen molar-refractivity contribution in [3.05, 3.63) is 41.7 Å². The van der Waals surface area contributed by atoms with Crippen LogP contribution in [0.2, 0.25) is 0 Å². The molecular formula is C14H18ClN5O. The highest BCUT2D eigenvalue weighted by molar-refractivity contribution is 5.92. The van der Waals surface area contributed by atoms with Crippen LogP contribution < -0.4 is 5.32 Å². The highest BCUT2D eigenvalue weighted by Crippen LogP contribution is 2.09. The Morgan fingerprint density at radius 2 is 1.86 bits per heavy atom. The van der Waals surface area contributed by atoms with E-state index in [1.807, 2.05) is 31.2 Å². The van der Waals surface area contributed by atoms with Gasteiger partial charge in [-0.2, -0.15) is 0 Å². The number of hydrogen-bond donors (Lipinski definition) is 1. The summed E-state index contributed by atoms with van der Waals surface area (Å²) in [6.45, 7) is 5.13. The van der Waals surface area contributed by atoms with Gasteiger partial charge in [0.25, 0.3) is 5.91 Å². The topological polar surface area (TPSA) is 63.1 Å². The minimum Gasteiger partial charge on any atom is -0.335 e. The zero-order valence-electron chi connectivity index (χ0n) is 11.8. The lowest BCUT2D eigenvalue weighted by Crippen LogP contribution is -2.46. The Bertz CT molecular complexity index is 604. The molecule has 1 amide bonds. The Kier molecular flexibility index (Phi) is 4.93. The van der Waals surface area contributed by atoms with E-state index in [2.05, 4.69) is 15.6 Å². The van der Waals surface area contributed by atoms with E-state index in [0.29, 0.717) is 5.69 Å². The van der Waals surface area contributed by atoms with Gasteiger partial charge in [0.1, 0.15) is 0 Å². The van der Waals surface area contributed by atoms with Crippen molar-refractivity contribution in [1.29, 1.82) is 0 Å². The third-order valence-corrected chi connectivity index (χ3v) is 3.42. The zero-order valence-corrected chi connectivity index (χ0v) is 12.6.